The summed E-state index contributed by atoms with van der Waals surface area (Å²) in [7, 11) is 0. The number of rotatable bonds is 11. The minimum absolute atomic E-state index is 0.0797. The monoisotopic (exact) mass is 376 g/mol. The molecular formula is C18H32O8. The summed E-state index contributed by atoms with van der Waals surface area (Å²) < 4.78 is 27.6. The maximum atomic E-state index is 11.4. The highest BCUT2D eigenvalue weighted by molar-refractivity contribution is 5.66. The van der Waals surface area contributed by atoms with E-state index in [1.807, 2.05) is 13.8 Å². The fourth-order valence-electron chi connectivity index (χ4n) is 2.66. The van der Waals surface area contributed by atoms with E-state index in [0.717, 1.165) is 25.7 Å². The van der Waals surface area contributed by atoms with Gasteiger partial charge in [0.15, 0.2) is 12.4 Å². The maximum absolute atomic E-state index is 11.4. The van der Waals surface area contributed by atoms with Gasteiger partial charge < -0.3 is 28.8 Å². The molecule has 0 bridgehead atoms. The van der Waals surface area contributed by atoms with Crippen LogP contribution in [0.4, 0.5) is 0 Å². The highest BCUT2D eigenvalue weighted by Crippen LogP contribution is 2.28. The lowest BCUT2D eigenvalue weighted by Crippen LogP contribution is -2.61. The van der Waals surface area contributed by atoms with E-state index in [2.05, 4.69) is 0 Å². The van der Waals surface area contributed by atoms with Crippen LogP contribution in [0.15, 0.2) is 0 Å². The Morgan fingerprint density at radius 2 is 1.50 bits per heavy atom. The van der Waals surface area contributed by atoms with Gasteiger partial charge in [-0.05, 0) is 12.8 Å². The van der Waals surface area contributed by atoms with Gasteiger partial charge in [0.05, 0.1) is 0 Å². The molecule has 0 aliphatic carbocycles. The summed E-state index contributed by atoms with van der Waals surface area (Å²) in [4.78, 5) is 22.6. The Morgan fingerprint density at radius 3 is 2.00 bits per heavy atom. The van der Waals surface area contributed by atoms with Gasteiger partial charge in [-0.25, -0.2) is 0 Å². The van der Waals surface area contributed by atoms with Crippen molar-refractivity contribution in [2.24, 2.45) is 0 Å². The second-order valence-corrected chi connectivity index (χ2v) is 6.32. The van der Waals surface area contributed by atoms with Gasteiger partial charge in [0.25, 0.3) is 0 Å². The molecule has 0 aromatic rings. The lowest BCUT2D eigenvalue weighted by atomic mass is 9.98. The number of aliphatic hydroxyl groups excluding tert-OH is 1. The highest BCUT2D eigenvalue weighted by Gasteiger charge is 2.49. The number of carbonyl (C=O) groups is 2. The van der Waals surface area contributed by atoms with Crippen molar-refractivity contribution in [1.29, 1.82) is 0 Å². The molecule has 0 aromatic heterocycles. The van der Waals surface area contributed by atoms with Crippen LogP contribution < -0.4 is 0 Å². The maximum Gasteiger partial charge on any atom is 0.303 e. The zero-order valence-corrected chi connectivity index (χ0v) is 16.1. The Kier molecular flexibility index (Phi) is 10.7. The lowest BCUT2D eigenvalue weighted by molar-refractivity contribution is -0.305. The number of esters is 2. The molecule has 1 aliphatic heterocycles. The minimum Gasteiger partial charge on any atom is -0.463 e. The number of unbranched alkanes of at least 4 members (excludes halogenated alkanes) is 2. The van der Waals surface area contributed by atoms with Crippen molar-refractivity contribution in [3.63, 3.8) is 0 Å². The average Bonchev–Trinajstić information content (AvgIpc) is 2.57. The number of hydrogen-bond donors (Lipinski definition) is 1. The molecule has 152 valence electrons. The quantitative estimate of drug-likeness (QED) is 0.428. The van der Waals surface area contributed by atoms with Gasteiger partial charge in [0.1, 0.15) is 24.9 Å². The van der Waals surface area contributed by atoms with Crippen molar-refractivity contribution in [3.05, 3.63) is 0 Å². The lowest BCUT2D eigenvalue weighted by Gasteiger charge is -2.43. The normalized spacial score (nSPS) is 28.6. The Labute approximate surface area is 155 Å². The van der Waals surface area contributed by atoms with Crippen molar-refractivity contribution < 1.29 is 38.4 Å². The largest absolute Gasteiger partial charge is 0.463 e. The Bertz CT molecular complexity index is 427. The number of aliphatic hydroxyl groups is 1. The first-order valence-electron chi connectivity index (χ1n) is 9.28. The first-order valence-corrected chi connectivity index (χ1v) is 9.28. The molecule has 8 heteroatoms. The van der Waals surface area contributed by atoms with Crippen molar-refractivity contribution >= 4 is 11.9 Å². The zero-order chi connectivity index (χ0) is 19.5. The molecular weight excluding hydrogens is 344 g/mol. The first-order chi connectivity index (χ1) is 12.4. The molecule has 1 rings (SSSR count). The summed E-state index contributed by atoms with van der Waals surface area (Å²) in [5.74, 6) is -1.01. The second kappa shape index (κ2) is 12.2. The number of ether oxygens (including phenoxy) is 5. The van der Waals surface area contributed by atoms with E-state index >= 15 is 0 Å². The van der Waals surface area contributed by atoms with Crippen LogP contribution >= 0.6 is 0 Å². The van der Waals surface area contributed by atoms with Crippen molar-refractivity contribution in [1.82, 2.24) is 0 Å². The predicted octanol–water partition coefficient (Wildman–Crippen LogP) is 1.57. The third-order valence-corrected chi connectivity index (χ3v) is 3.98. The third kappa shape index (κ3) is 7.57. The molecule has 1 heterocycles. The predicted molar refractivity (Wildman–Crippen MR) is 92.4 cm³/mol. The SMILES string of the molecule is CCCCOC1C(COC(C)=O)OC(O)C(OC(C)=O)C1OCCCC. The van der Waals surface area contributed by atoms with Gasteiger partial charge in [-0.2, -0.15) is 0 Å². The van der Waals surface area contributed by atoms with Crippen molar-refractivity contribution in [2.75, 3.05) is 19.8 Å². The topological polar surface area (TPSA) is 101 Å². The number of hydrogen-bond acceptors (Lipinski definition) is 8. The first kappa shape index (κ1) is 22.8. The summed E-state index contributed by atoms with van der Waals surface area (Å²) in [6, 6.07) is 0. The minimum atomic E-state index is -1.39. The standard InChI is InChI=1S/C18H32O8/c1-5-7-9-22-15-14(11-24-12(3)19)26-18(21)17(25-13(4)20)16(15)23-10-8-6-2/h14-18,21H,5-11H2,1-4H3. The van der Waals surface area contributed by atoms with E-state index in [0.29, 0.717) is 13.2 Å². The number of carbonyl (C=O) groups excluding carboxylic acids is 2. The van der Waals surface area contributed by atoms with Crippen LogP contribution in [0, 0.1) is 0 Å². The fourth-order valence-corrected chi connectivity index (χ4v) is 2.66. The van der Waals surface area contributed by atoms with E-state index in [9.17, 15) is 14.7 Å². The van der Waals surface area contributed by atoms with Gasteiger partial charge in [0, 0.05) is 27.1 Å². The molecule has 1 saturated heterocycles. The van der Waals surface area contributed by atoms with Gasteiger partial charge in [-0.3, -0.25) is 9.59 Å². The van der Waals surface area contributed by atoms with Crippen LogP contribution in [0.3, 0.4) is 0 Å². The molecule has 5 atom stereocenters. The van der Waals surface area contributed by atoms with E-state index in [1.54, 1.807) is 0 Å². The summed E-state index contributed by atoms with van der Waals surface area (Å²) in [5, 5.41) is 10.3. The van der Waals surface area contributed by atoms with Crippen LogP contribution in [-0.4, -0.2) is 67.6 Å². The molecule has 0 spiro atoms. The molecule has 0 radical (unpaired) electrons. The third-order valence-electron chi connectivity index (χ3n) is 3.98. The van der Waals surface area contributed by atoms with Crippen LogP contribution in [0.5, 0.6) is 0 Å². The van der Waals surface area contributed by atoms with Crippen LogP contribution in [0.1, 0.15) is 53.4 Å². The summed E-state index contributed by atoms with van der Waals surface area (Å²) in [6.07, 6.45) is -0.944. The summed E-state index contributed by atoms with van der Waals surface area (Å²) in [6.45, 7) is 7.43. The van der Waals surface area contributed by atoms with Crippen molar-refractivity contribution in [3.8, 4) is 0 Å². The van der Waals surface area contributed by atoms with E-state index in [4.69, 9.17) is 23.7 Å². The average molecular weight is 376 g/mol. The molecule has 1 fully saturated rings. The van der Waals surface area contributed by atoms with E-state index in [-0.39, 0.29) is 6.61 Å². The van der Waals surface area contributed by atoms with Crippen LogP contribution in [0.2, 0.25) is 0 Å². The second-order valence-electron chi connectivity index (χ2n) is 6.32. The highest BCUT2D eigenvalue weighted by atomic mass is 16.7. The molecule has 0 amide bonds. The Balaban J connectivity index is 2.96. The van der Waals surface area contributed by atoms with E-state index < -0.39 is 42.6 Å². The molecule has 0 aromatic carbocycles. The summed E-state index contributed by atoms with van der Waals surface area (Å²) >= 11 is 0. The van der Waals surface area contributed by atoms with Gasteiger partial charge in [0.2, 0.25) is 0 Å². The van der Waals surface area contributed by atoms with Gasteiger partial charge in [-0.1, -0.05) is 26.7 Å². The Hall–Kier alpha value is -1.22. The fraction of sp³-hybridized carbons (Fsp3) is 0.889. The van der Waals surface area contributed by atoms with Crippen LogP contribution in [0.25, 0.3) is 0 Å². The summed E-state index contributed by atoms with van der Waals surface area (Å²) in [5.41, 5.74) is 0. The Morgan fingerprint density at radius 1 is 0.923 bits per heavy atom. The molecule has 26 heavy (non-hydrogen) atoms. The van der Waals surface area contributed by atoms with Gasteiger partial charge >= 0.3 is 11.9 Å². The molecule has 0 saturated carbocycles. The molecule has 1 N–H and O–H groups in total. The van der Waals surface area contributed by atoms with Gasteiger partial charge in [-0.15, -0.1) is 0 Å². The zero-order valence-electron chi connectivity index (χ0n) is 16.1. The molecule has 8 nitrogen and oxygen atoms in total. The molecule has 5 unspecified atom stereocenters. The molecule has 1 aliphatic rings. The van der Waals surface area contributed by atoms with E-state index in [1.165, 1.54) is 13.8 Å². The van der Waals surface area contributed by atoms with Crippen LogP contribution in [-0.2, 0) is 33.3 Å². The smallest absolute Gasteiger partial charge is 0.303 e. The van der Waals surface area contributed by atoms with Crippen molar-refractivity contribution in [2.45, 2.75) is 84.1 Å².